The van der Waals surface area contributed by atoms with Gasteiger partial charge in [-0.3, -0.25) is 9.59 Å². The van der Waals surface area contributed by atoms with Gasteiger partial charge in [-0.25, -0.2) is 14.4 Å². The third kappa shape index (κ3) is 4.52. The first kappa shape index (κ1) is 21.2. The summed E-state index contributed by atoms with van der Waals surface area (Å²) in [6, 6.07) is 7.97. The molecule has 2 aliphatic heterocycles. The van der Waals surface area contributed by atoms with Crippen molar-refractivity contribution in [2.75, 3.05) is 43.5 Å². The average Bonchev–Trinajstić information content (AvgIpc) is 3.15. The summed E-state index contributed by atoms with van der Waals surface area (Å²) in [5, 5.41) is 0. The molecule has 7 nitrogen and oxygen atoms in total. The standard InChI is InChI=1S/C23H28FN5O2/c1-15(30)28-10-8-16(9-11-28)23-25-20(13-21(26-23)27(2)3)17-12-22(31)29(14-17)19-6-4-18(24)5-7-19/h4-7,13,16-17H,8-12,14H2,1-3H3. The predicted molar refractivity (Wildman–Crippen MR) is 117 cm³/mol. The zero-order valence-corrected chi connectivity index (χ0v) is 18.2. The molecule has 1 aromatic carbocycles. The highest BCUT2D eigenvalue weighted by Gasteiger charge is 2.34. The molecule has 2 saturated heterocycles. The van der Waals surface area contributed by atoms with Crippen molar-refractivity contribution in [1.82, 2.24) is 14.9 Å². The van der Waals surface area contributed by atoms with Crippen molar-refractivity contribution in [2.45, 2.75) is 38.0 Å². The Labute approximate surface area is 181 Å². The lowest BCUT2D eigenvalue weighted by Gasteiger charge is -2.31. The summed E-state index contributed by atoms with van der Waals surface area (Å²) in [7, 11) is 3.89. The van der Waals surface area contributed by atoms with Crippen molar-refractivity contribution in [3.05, 3.63) is 47.7 Å². The number of benzene rings is 1. The van der Waals surface area contributed by atoms with Gasteiger partial charge in [-0.05, 0) is 37.1 Å². The van der Waals surface area contributed by atoms with E-state index in [4.69, 9.17) is 9.97 Å². The van der Waals surface area contributed by atoms with Gasteiger partial charge in [0.1, 0.15) is 17.5 Å². The van der Waals surface area contributed by atoms with Crippen molar-refractivity contribution in [1.29, 1.82) is 0 Å². The second-order valence-electron chi connectivity index (χ2n) is 8.57. The lowest BCUT2D eigenvalue weighted by atomic mass is 9.95. The summed E-state index contributed by atoms with van der Waals surface area (Å²) >= 11 is 0. The first-order valence-corrected chi connectivity index (χ1v) is 10.7. The highest BCUT2D eigenvalue weighted by molar-refractivity contribution is 5.96. The molecule has 1 aromatic heterocycles. The molecule has 164 valence electrons. The third-order valence-electron chi connectivity index (χ3n) is 6.19. The van der Waals surface area contributed by atoms with E-state index in [0.717, 1.165) is 30.2 Å². The van der Waals surface area contributed by atoms with Crippen LogP contribution in [0, 0.1) is 5.82 Å². The maximum Gasteiger partial charge on any atom is 0.227 e. The zero-order chi connectivity index (χ0) is 22.1. The number of rotatable bonds is 4. The predicted octanol–water partition coefficient (Wildman–Crippen LogP) is 2.93. The first-order chi connectivity index (χ1) is 14.8. The van der Waals surface area contributed by atoms with Crippen LogP contribution >= 0.6 is 0 Å². The van der Waals surface area contributed by atoms with Gasteiger partial charge in [0.2, 0.25) is 11.8 Å². The second kappa shape index (κ2) is 8.61. The summed E-state index contributed by atoms with van der Waals surface area (Å²) in [6.45, 7) is 3.54. The fourth-order valence-electron chi connectivity index (χ4n) is 4.32. The minimum Gasteiger partial charge on any atom is -0.363 e. The van der Waals surface area contributed by atoms with Gasteiger partial charge in [-0.1, -0.05) is 0 Å². The number of hydrogen-bond donors (Lipinski definition) is 0. The number of amides is 2. The molecule has 0 spiro atoms. The SMILES string of the molecule is CC(=O)N1CCC(c2nc(C3CC(=O)N(c4ccc(F)cc4)C3)cc(N(C)C)n2)CC1. The molecule has 2 fully saturated rings. The minimum atomic E-state index is -0.321. The Kier molecular flexibility index (Phi) is 5.89. The van der Waals surface area contributed by atoms with Gasteiger partial charge in [-0.15, -0.1) is 0 Å². The zero-order valence-electron chi connectivity index (χ0n) is 18.2. The van der Waals surface area contributed by atoms with Gasteiger partial charge >= 0.3 is 0 Å². The summed E-state index contributed by atoms with van der Waals surface area (Å²) in [6.07, 6.45) is 2.03. The van der Waals surface area contributed by atoms with Crippen molar-refractivity contribution in [2.24, 2.45) is 0 Å². The lowest BCUT2D eigenvalue weighted by molar-refractivity contribution is -0.129. The molecule has 0 radical (unpaired) electrons. The quantitative estimate of drug-likeness (QED) is 0.753. The van der Waals surface area contributed by atoms with E-state index in [-0.39, 0.29) is 29.5 Å². The van der Waals surface area contributed by atoms with Gasteiger partial charge in [0.15, 0.2) is 0 Å². The normalized spacial score (nSPS) is 19.7. The summed E-state index contributed by atoms with van der Waals surface area (Å²) < 4.78 is 13.3. The molecule has 1 atom stereocenters. The van der Waals surface area contributed by atoms with Crippen LogP contribution in [0.5, 0.6) is 0 Å². The number of carbonyl (C=O) groups is 2. The van der Waals surface area contributed by atoms with E-state index in [1.807, 2.05) is 30.0 Å². The van der Waals surface area contributed by atoms with Crippen LogP contribution in [0.4, 0.5) is 15.9 Å². The Hall–Kier alpha value is -3.03. The van der Waals surface area contributed by atoms with E-state index >= 15 is 0 Å². The van der Waals surface area contributed by atoms with Crippen molar-refractivity contribution in [3.63, 3.8) is 0 Å². The van der Waals surface area contributed by atoms with Gasteiger partial charge in [0.25, 0.3) is 0 Å². The van der Waals surface area contributed by atoms with E-state index in [9.17, 15) is 14.0 Å². The molecular formula is C23H28FN5O2. The highest BCUT2D eigenvalue weighted by atomic mass is 19.1. The maximum atomic E-state index is 13.3. The summed E-state index contributed by atoms with van der Waals surface area (Å²) in [5.41, 5.74) is 1.56. The van der Waals surface area contributed by atoms with Crippen LogP contribution in [0.2, 0.25) is 0 Å². The van der Waals surface area contributed by atoms with Crippen LogP contribution < -0.4 is 9.80 Å². The summed E-state index contributed by atoms with van der Waals surface area (Å²) in [4.78, 5) is 39.5. The topological polar surface area (TPSA) is 69.6 Å². The Morgan fingerprint density at radius 3 is 2.39 bits per heavy atom. The fourth-order valence-corrected chi connectivity index (χ4v) is 4.32. The van der Waals surface area contributed by atoms with Crippen molar-refractivity contribution < 1.29 is 14.0 Å². The average molecular weight is 426 g/mol. The Morgan fingerprint density at radius 2 is 1.77 bits per heavy atom. The summed E-state index contributed by atoms with van der Waals surface area (Å²) in [5.74, 6) is 1.55. The second-order valence-corrected chi connectivity index (χ2v) is 8.57. The molecule has 0 bridgehead atoms. The molecule has 0 N–H and O–H groups in total. The monoisotopic (exact) mass is 425 g/mol. The maximum absolute atomic E-state index is 13.3. The molecule has 2 aromatic rings. The number of hydrogen-bond acceptors (Lipinski definition) is 5. The minimum absolute atomic E-state index is 0.0120. The highest BCUT2D eigenvalue weighted by Crippen LogP contribution is 2.34. The molecule has 3 heterocycles. The Bertz CT molecular complexity index is 970. The molecular weight excluding hydrogens is 397 g/mol. The van der Waals surface area contributed by atoms with Crippen molar-refractivity contribution in [3.8, 4) is 0 Å². The van der Waals surface area contributed by atoms with Gasteiger partial charge in [0, 0.05) is 70.7 Å². The van der Waals surface area contributed by atoms with Gasteiger partial charge < -0.3 is 14.7 Å². The van der Waals surface area contributed by atoms with Crippen LogP contribution in [-0.4, -0.2) is 60.4 Å². The van der Waals surface area contributed by atoms with Crippen LogP contribution in [0.15, 0.2) is 30.3 Å². The molecule has 0 aliphatic carbocycles. The molecule has 8 heteroatoms. The Balaban J connectivity index is 1.57. The number of likely N-dealkylation sites (tertiary alicyclic amines) is 1. The molecule has 4 rings (SSSR count). The van der Waals surface area contributed by atoms with E-state index in [2.05, 4.69) is 0 Å². The molecule has 2 amide bonds. The molecule has 1 unspecified atom stereocenters. The number of piperidine rings is 1. The van der Waals surface area contributed by atoms with Crippen LogP contribution in [0.1, 0.15) is 49.5 Å². The fraction of sp³-hybridized carbons (Fsp3) is 0.478. The number of anilines is 2. The van der Waals surface area contributed by atoms with Gasteiger partial charge in [-0.2, -0.15) is 0 Å². The van der Waals surface area contributed by atoms with Crippen LogP contribution in [-0.2, 0) is 9.59 Å². The number of halogens is 1. The largest absolute Gasteiger partial charge is 0.363 e. The van der Waals surface area contributed by atoms with E-state index < -0.39 is 0 Å². The Morgan fingerprint density at radius 1 is 1.10 bits per heavy atom. The van der Waals surface area contributed by atoms with Gasteiger partial charge in [0.05, 0.1) is 5.69 Å². The van der Waals surface area contributed by atoms with Crippen molar-refractivity contribution >= 4 is 23.3 Å². The number of carbonyl (C=O) groups excluding carboxylic acids is 2. The first-order valence-electron chi connectivity index (χ1n) is 10.7. The van der Waals surface area contributed by atoms with E-state index in [1.54, 1.807) is 24.0 Å². The lowest BCUT2D eigenvalue weighted by Crippen LogP contribution is -2.36. The van der Waals surface area contributed by atoms with Crippen LogP contribution in [0.25, 0.3) is 0 Å². The van der Waals surface area contributed by atoms with E-state index in [1.165, 1.54) is 12.1 Å². The number of aromatic nitrogens is 2. The molecule has 31 heavy (non-hydrogen) atoms. The molecule has 2 aliphatic rings. The third-order valence-corrected chi connectivity index (χ3v) is 6.19. The smallest absolute Gasteiger partial charge is 0.227 e. The number of nitrogens with zero attached hydrogens (tertiary/aromatic N) is 5. The van der Waals surface area contributed by atoms with E-state index in [0.29, 0.717) is 31.7 Å². The molecule has 0 saturated carbocycles. The van der Waals surface area contributed by atoms with Crippen LogP contribution in [0.3, 0.4) is 0 Å².